The van der Waals surface area contributed by atoms with Gasteiger partial charge in [0.05, 0.1) is 0 Å². The SMILES string of the molecule is Cc1ccnc(Nc2ccc(NC(=O)c3ccccc3)cc2)n1. The molecule has 0 atom stereocenters. The fourth-order valence-corrected chi connectivity index (χ4v) is 2.07. The average Bonchev–Trinajstić information content (AvgIpc) is 2.57. The fourth-order valence-electron chi connectivity index (χ4n) is 2.07. The number of anilines is 3. The summed E-state index contributed by atoms with van der Waals surface area (Å²) in [5, 5.41) is 5.98. The molecule has 0 radical (unpaired) electrons. The molecule has 114 valence electrons. The van der Waals surface area contributed by atoms with Crippen LogP contribution in [-0.2, 0) is 0 Å². The first kappa shape index (κ1) is 14.7. The summed E-state index contributed by atoms with van der Waals surface area (Å²) < 4.78 is 0. The molecule has 0 bridgehead atoms. The van der Waals surface area contributed by atoms with Crippen LogP contribution in [0.15, 0.2) is 66.9 Å². The molecule has 5 nitrogen and oxygen atoms in total. The Labute approximate surface area is 134 Å². The van der Waals surface area contributed by atoms with Crippen LogP contribution in [0.4, 0.5) is 17.3 Å². The molecular formula is C18H16N4O. The van der Waals surface area contributed by atoms with Crippen LogP contribution in [0, 0.1) is 6.92 Å². The predicted molar refractivity (Wildman–Crippen MR) is 90.9 cm³/mol. The van der Waals surface area contributed by atoms with Gasteiger partial charge in [0.15, 0.2) is 0 Å². The number of hydrogen-bond donors (Lipinski definition) is 2. The molecule has 0 unspecified atom stereocenters. The molecule has 5 heteroatoms. The van der Waals surface area contributed by atoms with Crippen LogP contribution < -0.4 is 10.6 Å². The standard InChI is InChI=1S/C18H16N4O/c1-13-11-12-19-18(20-13)22-16-9-7-15(8-10-16)21-17(23)14-5-3-2-4-6-14/h2-12H,1H3,(H,21,23)(H,19,20,22). The lowest BCUT2D eigenvalue weighted by molar-refractivity contribution is 0.102. The van der Waals surface area contributed by atoms with E-state index in [2.05, 4.69) is 20.6 Å². The highest BCUT2D eigenvalue weighted by Gasteiger charge is 2.05. The maximum Gasteiger partial charge on any atom is 0.255 e. The second kappa shape index (κ2) is 6.70. The Bertz CT molecular complexity index is 801. The number of aromatic nitrogens is 2. The normalized spacial score (nSPS) is 10.1. The minimum Gasteiger partial charge on any atom is -0.324 e. The molecule has 3 rings (SSSR count). The van der Waals surface area contributed by atoms with Crippen LogP contribution in [0.5, 0.6) is 0 Å². The number of nitrogens with zero attached hydrogens (tertiary/aromatic N) is 2. The molecule has 0 saturated carbocycles. The van der Waals surface area contributed by atoms with Crippen molar-refractivity contribution in [2.45, 2.75) is 6.92 Å². The third kappa shape index (κ3) is 3.91. The van der Waals surface area contributed by atoms with Gasteiger partial charge in [-0.05, 0) is 49.4 Å². The Kier molecular flexibility index (Phi) is 4.29. The molecule has 1 aromatic heterocycles. The number of aryl methyl sites for hydroxylation is 1. The summed E-state index contributed by atoms with van der Waals surface area (Å²) in [6, 6.07) is 18.3. The average molecular weight is 304 g/mol. The molecule has 0 aliphatic rings. The highest BCUT2D eigenvalue weighted by molar-refractivity contribution is 6.04. The van der Waals surface area contributed by atoms with Crippen LogP contribution >= 0.6 is 0 Å². The minimum absolute atomic E-state index is 0.131. The van der Waals surface area contributed by atoms with E-state index in [1.165, 1.54) is 0 Å². The number of amides is 1. The Balaban J connectivity index is 1.66. The molecule has 0 aliphatic carbocycles. The van der Waals surface area contributed by atoms with Crippen LogP contribution in [0.3, 0.4) is 0 Å². The highest BCUT2D eigenvalue weighted by atomic mass is 16.1. The van der Waals surface area contributed by atoms with Crippen LogP contribution in [0.1, 0.15) is 16.1 Å². The van der Waals surface area contributed by atoms with Gasteiger partial charge in [0.2, 0.25) is 5.95 Å². The van der Waals surface area contributed by atoms with Gasteiger partial charge in [-0.1, -0.05) is 18.2 Å². The maximum atomic E-state index is 12.1. The quantitative estimate of drug-likeness (QED) is 0.769. The first-order valence-corrected chi connectivity index (χ1v) is 7.24. The fraction of sp³-hybridized carbons (Fsp3) is 0.0556. The summed E-state index contributed by atoms with van der Waals surface area (Å²) in [4.78, 5) is 20.5. The van der Waals surface area contributed by atoms with E-state index in [1.54, 1.807) is 18.3 Å². The summed E-state index contributed by atoms with van der Waals surface area (Å²) in [7, 11) is 0. The van der Waals surface area contributed by atoms with E-state index in [4.69, 9.17) is 0 Å². The van der Waals surface area contributed by atoms with Gasteiger partial charge < -0.3 is 10.6 Å². The zero-order valence-corrected chi connectivity index (χ0v) is 12.7. The van der Waals surface area contributed by atoms with E-state index in [0.717, 1.165) is 17.1 Å². The lowest BCUT2D eigenvalue weighted by Crippen LogP contribution is -2.11. The number of nitrogens with one attached hydrogen (secondary N) is 2. The van der Waals surface area contributed by atoms with Gasteiger partial charge in [-0.3, -0.25) is 4.79 Å². The predicted octanol–water partition coefficient (Wildman–Crippen LogP) is 3.78. The summed E-state index contributed by atoms with van der Waals surface area (Å²) in [5.41, 5.74) is 3.11. The molecule has 2 N–H and O–H groups in total. The topological polar surface area (TPSA) is 66.9 Å². The molecule has 0 saturated heterocycles. The Hall–Kier alpha value is -3.21. The van der Waals surface area contributed by atoms with E-state index >= 15 is 0 Å². The van der Waals surface area contributed by atoms with Gasteiger partial charge in [-0.2, -0.15) is 0 Å². The second-order valence-corrected chi connectivity index (χ2v) is 5.04. The van der Waals surface area contributed by atoms with Crippen molar-refractivity contribution < 1.29 is 4.79 Å². The third-order valence-corrected chi connectivity index (χ3v) is 3.23. The van der Waals surface area contributed by atoms with Gasteiger partial charge in [0, 0.05) is 28.8 Å². The van der Waals surface area contributed by atoms with E-state index < -0.39 is 0 Å². The molecule has 0 aliphatic heterocycles. The maximum absolute atomic E-state index is 12.1. The second-order valence-electron chi connectivity index (χ2n) is 5.04. The van der Waals surface area contributed by atoms with Crippen molar-refractivity contribution in [1.29, 1.82) is 0 Å². The van der Waals surface area contributed by atoms with Crippen molar-refractivity contribution in [2.24, 2.45) is 0 Å². The Morgan fingerprint density at radius 1 is 0.913 bits per heavy atom. The van der Waals surface area contributed by atoms with E-state index in [1.807, 2.05) is 55.5 Å². The largest absolute Gasteiger partial charge is 0.324 e. The minimum atomic E-state index is -0.131. The number of hydrogen-bond acceptors (Lipinski definition) is 4. The molecule has 0 fully saturated rings. The van der Waals surface area contributed by atoms with Crippen molar-refractivity contribution in [3.8, 4) is 0 Å². The van der Waals surface area contributed by atoms with Crippen LogP contribution in [0.25, 0.3) is 0 Å². The molecule has 23 heavy (non-hydrogen) atoms. The zero-order valence-electron chi connectivity index (χ0n) is 12.7. The Morgan fingerprint density at radius 3 is 2.30 bits per heavy atom. The number of benzene rings is 2. The van der Waals surface area contributed by atoms with Crippen molar-refractivity contribution >= 4 is 23.2 Å². The molecular weight excluding hydrogens is 288 g/mol. The summed E-state index contributed by atoms with van der Waals surface area (Å²) >= 11 is 0. The first-order chi connectivity index (χ1) is 11.2. The van der Waals surface area contributed by atoms with E-state index in [-0.39, 0.29) is 5.91 Å². The van der Waals surface area contributed by atoms with Crippen LogP contribution in [-0.4, -0.2) is 15.9 Å². The molecule has 3 aromatic rings. The molecule has 2 aromatic carbocycles. The van der Waals surface area contributed by atoms with Crippen molar-refractivity contribution in [3.05, 3.63) is 78.1 Å². The van der Waals surface area contributed by atoms with Crippen molar-refractivity contribution in [1.82, 2.24) is 9.97 Å². The molecule has 1 amide bonds. The van der Waals surface area contributed by atoms with Gasteiger partial charge in [0.25, 0.3) is 5.91 Å². The van der Waals surface area contributed by atoms with Crippen LogP contribution in [0.2, 0.25) is 0 Å². The zero-order chi connectivity index (χ0) is 16.1. The lowest BCUT2D eigenvalue weighted by atomic mass is 10.2. The third-order valence-electron chi connectivity index (χ3n) is 3.23. The Morgan fingerprint density at radius 2 is 1.61 bits per heavy atom. The van der Waals surface area contributed by atoms with E-state index in [0.29, 0.717) is 11.5 Å². The van der Waals surface area contributed by atoms with Gasteiger partial charge >= 0.3 is 0 Å². The van der Waals surface area contributed by atoms with Gasteiger partial charge in [-0.15, -0.1) is 0 Å². The number of rotatable bonds is 4. The molecule has 1 heterocycles. The van der Waals surface area contributed by atoms with E-state index in [9.17, 15) is 4.79 Å². The highest BCUT2D eigenvalue weighted by Crippen LogP contribution is 2.17. The van der Waals surface area contributed by atoms with Gasteiger partial charge in [0.1, 0.15) is 0 Å². The lowest BCUT2D eigenvalue weighted by Gasteiger charge is -2.08. The monoisotopic (exact) mass is 304 g/mol. The first-order valence-electron chi connectivity index (χ1n) is 7.24. The summed E-state index contributed by atoms with van der Waals surface area (Å²) in [6.07, 6.45) is 1.71. The molecule has 0 spiro atoms. The van der Waals surface area contributed by atoms with Crippen molar-refractivity contribution in [3.63, 3.8) is 0 Å². The summed E-state index contributed by atoms with van der Waals surface area (Å²) in [5.74, 6) is 0.416. The van der Waals surface area contributed by atoms with Crippen molar-refractivity contribution in [2.75, 3.05) is 10.6 Å². The number of carbonyl (C=O) groups is 1. The van der Waals surface area contributed by atoms with Gasteiger partial charge in [-0.25, -0.2) is 9.97 Å². The number of carbonyl (C=O) groups excluding carboxylic acids is 1. The summed E-state index contributed by atoms with van der Waals surface area (Å²) in [6.45, 7) is 1.91. The smallest absolute Gasteiger partial charge is 0.255 e.